The Bertz CT molecular complexity index is 572. The zero-order valence-corrected chi connectivity index (χ0v) is 12.3. The standard InChI is InChI=1S/C11H16ClN7O/c1-7(2)20-11-16-9(12)15-10(17-11)13-5-4-8-14-6-19(3)18-8/h6-7H,4-5H2,1-3H3,(H,13,15,16,17). The molecule has 0 unspecified atom stereocenters. The van der Waals surface area contributed by atoms with Crippen molar-refractivity contribution in [3.8, 4) is 6.01 Å². The molecule has 0 aliphatic carbocycles. The van der Waals surface area contributed by atoms with Gasteiger partial charge in [-0.1, -0.05) is 0 Å². The minimum Gasteiger partial charge on any atom is -0.461 e. The Kier molecular flexibility index (Phi) is 4.67. The quantitative estimate of drug-likeness (QED) is 0.853. The van der Waals surface area contributed by atoms with Crippen molar-refractivity contribution in [2.75, 3.05) is 11.9 Å². The molecule has 0 bridgehead atoms. The van der Waals surface area contributed by atoms with Crippen molar-refractivity contribution in [3.05, 3.63) is 17.4 Å². The van der Waals surface area contributed by atoms with Gasteiger partial charge in [0.15, 0.2) is 5.82 Å². The summed E-state index contributed by atoms with van der Waals surface area (Å²) in [5, 5.41) is 7.31. The predicted octanol–water partition coefficient (Wildman–Crippen LogP) is 1.10. The lowest BCUT2D eigenvalue weighted by molar-refractivity contribution is 0.222. The summed E-state index contributed by atoms with van der Waals surface area (Å²) in [5.41, 5.74) is 0. The van der Waals surface area contributed by atoms with Crippen LogP contribution in [-0.2, 0) is 13.5 Å². The first-order valence-corrected chi connectivity index (χ1v) is 6.57. The Hall–Kier alpha value is -1.96. The maximum Gasteiger partial charge on any atom is 0.322 e. The fourth-order valence-corrected chi connectivity index (χ4v) is 1.61. The number of hydrogen-bond acceptors (Lipinski definition) is 7. The van der Waals surface area contributed by atoms with Crippen LogP contribution < -0.4 is 10.1 Å². The Balaban J connectivity index is 1.93. The zero-order valence-electron chi connectivity index (χ0n) is 11.5. The van der Waals surface area contributed by atoms with Crippen LogP contribution in [0.5, 0.6) is 6.01 Å². The smallest absolute Gasteiger partial charge is 0.322 e. The molecule has 2 aromatic heterocycles. The number of halogens is 1. The lowest BCUT2D eigenvalue weighted by Gasteiger charge is -2.09. The molecule has 9 heteroatoms. The van der Waals surface area contributed by atoms with Crippen LogP contribution in [0.1, 0.15) is 19.7 Å². The summed E-state index contributed by atoms with van der Waals surface area (Å²) in [5.74, 6) is 1.12. The summed E-state index contributed by atoms with van der Waals surface area (Å²) < 4.78 is 7.05. The second kappa shape index (κ2) is 6.47. The number of aryl methyl sites for hydroxylation is 1. The Morgan fingerprint density at radius 3 is 2.80 bits per heavy atom. The van der Waals surface area contributed by atoms with Crippen LogP contribution in [0.25, 0.3) is 0 Å². The highest BCUT2D eigenvalue weighted by atomic mass is 35.5. The van der Waals surface area contributed by atoms with E-state index in [1.165, 1.54) is 0 Å². The van der Waals surface area contributed by atoms with E-state index in [2.05, 4.69) is 30.4 Å². The van der Waals surface area contributed by atoms with Crippen LogP contribution in [0.2, 0.25) is 5.28 Å². The molecule has 0 spiro atoms. The average Bonchev–Trinajstić information content (AvgIpc) is 2.73. The van der Waals surface area contributed by atoms with Crippen molar-refractivity contribution in [3.63, 3.8) is 0 Å². The Morgan fingerprint density at radius 2 is 2.15 bits per heavy atom. The van der Waals surface area contributed by atoms with Gasteiger partial charge in [0.1, 0.15) is 6.33 Å². The highest BCUT2D eigenvalue weighted by Crippen LogP contribution is 2.12. The van der Waals surface area contributed by atoms with E-state index in [9.17, 15) is 0 Å². The van der Waals surface area contributed by atoms with Crippen molar-refractivity contribution >= 4 is 17.5 Å². The van der Waals surface area contributed by atoms with Gasteiger partial charge in [-0.05, 0) is 25.4 Å². The van der Waals surface area contributed by atoms with E-state index in [0.29, 0.717) is 18.9 Å². The van der Waals surface area contributed by atoms with E-state index in [0.717, 1.165) is 5.82 Å². The molecule has 0 atom stereocenters. The topological polar surface area (TPSA) is 90.6 Å². The third kappa shape index (κ3) is 4.30. The lowest BCUT2D eigenvalue weighted by atomic mass is 10.4. The second-order valence-corrected chi connectivity index (χ2v) is 4.73. The number of rotatable bonds is 6. The normalized spacial score (nSPS) is 10.8. The molecule has 0 fully saturated rings. The SMILES string of the molecule is CC(C)Oc1nc(Cl)nc(NCCc2ncn(C)n2)n1. The van der Waals surface area contributed by atoms with Crippen LogP contribution in [0.15, 0.2) is 6.33 Å². The van der Waals surface area contributed by atoms with E-state index in [1.807, 2.05) is 20.9 Å². The van der Waals surface area contributed by atoms with Crippen LogP contribution >= 0.6 is 11.6 Å². The van der Waals surface area contributed by atoms with Crippen LogP contribution in [0.3, 0.4) is 0 Å². The average molecular weight is 298 g/mol. The molecule has 0 aliphatic heterocycles. The van der Waals surface area contributed by atoms with Crippen LogP contribution in [-0.4, -0.2) is 42.4 Å². The number of hydrogen-bond donors (Lipinski definition) is 1. The molecule has 2 heterocycles. The monoisotopic (exact) mass is 297 g/mol. The van der Waals surface area contributed by atoms with Gasteiger partial charge in [0.25, 0.3) is 0 Å². The molecule has 0 saturated heterocycles. The molecule has 0 aromatic carbocycles. The van der Waals surface area contributed by atoms with Gasteiger partial charge in [-0.15, -0.1) is 0 Å². The van der Waals surface area contributed by atoms with Gasteiger partial charge in [-0.3, -0.25) is 4.68 Å². The van der Waals surface area contributed by atoms with Gasteiger partial charge >= 0.3 is 6.01 Å². The highest BCUT2D eigenvalue weighted by molar-refractivity contribution is 6.28. The molecule has 108 valence electrons. The summed E-state index contributed by atoms with van der Waals surface area (Å²) in [4.78, 5) is 16.1. The van der Waals surface area contributed by atoms with Crippen LogP contribution in [0.4, 0.5) is 5.95 Å². The molecule has 0 aliphatic rings. The van der Waals surface area contributed by atoms with E-state index >= 15 is 0 Å². The van der Waals surface area contributed by atoms with Crippen LogP contribution in [0, 0.1) is 0 Å². The van der Waals surface area contributed by atoms with Gasteiger partial charge in [-0.2, -0.15) is 20.1 Å². The summed E-state index contributed by atoms with van der Waals surface area (Å²) in [6.45, 7) is 4.36. The third-order valence-electron chi connectivity index (χ3n) is 2.21. The first-order valence-electron chi connectivity index (χ1n) is 6.19. The number of ether oxygens (including phenoxy) is 1. The van der Waals surface area contributed by atoms with Gasteiger partial charge in [0.05, 0.1) is 6.10 Å². The lowest BCUT2D eigenvalue weighted by Crippen LogP contribution is -2.13. The zero-order chi connectivity index (χ0) is 14.5. The van der Waals surface area contributed by atoms with Crippen molar-refractivity contribution in [2.24, 2.45) is 7.05 Å². The fraction of sp³-hybridized carbons (Fsp3) is 0.545. The molecule has 2 aromatic rings. The summed E-state index contributed by atoms with van der Waals surface area (Å²) >= 11 is 5.82. The number of nitrogens with one attached hydrogen (secondary N) is 1. The summed E-state index contributed by atoms with van der Waals surface area (Å²) in [7, 11) is 1.82. The minimum atomic E-state index is -0.0287. The fourth-order valence-electron chi connectivity index (χ4n) is 1.46. The van der Waals surface area contributed by atoms with Gasteiger partial charge in [0.2, 0.25) is 11.2 Å². The summed E-state index contributed by atoms with van der Waals surface area (Å²) in [6, 6.07) is 0.207. The van der Waals surface area contributed by atoms with Crippen molar-refractivity contribution in [1.82, 2.24) is 29.7 Å². The first kappa shape index (κ1) is 14.4. The number of anilines is 1. The predicted molar refractivity (Wildman–Crippen MR) is 73.8 cm³/mol. The van der Waals surface area contributed by atoms with Gasteiger partial charge in [-0.25, -0.2) is 4.98 Å². The Morgan fingerprint density at radius 1 is 1.35 bits per heavy atom. The third-order valence-corrected chi connectivity index (χ3v) is 2.38. The van der Waals surface area contributed by atoms with Gasteiger partial charge in [0, 0.05) is 20.0 Å². The molecule has 0 amide bonds. The van der Waals surface area contributed by atoms with Crippen molar-refractivity contribution in [1.29, 1.82) is 0 Å². The maximum atomic E-state index is 5.82. The number of nitrogens with zero attached hydrogens (tertiary/aromatic N) is 6. The summed E-state index contributed by atoms with van der Waals surface area (Å²) in [6.07, 6.45) is 2.29. The molecule has 20 heavy (non-hydrogen) atoms. The van der Waals surface area contributed by atoms with Crippen molar-refractivity contribution in [2.45, 2.75) is 26.4 Å². The van der Waals surface area contributed by atoms with Crippen molar-refractivity contribution < 1.29 is 4.74 Å². The maximum absolute atomic E-state index is 5.82. The second-order valence-electron chi connectivity index (χ2n) is 4.39. The van der Waals surface area contributed by atoms with E-state index in [4.69, 9.17) is 16.3 Å². The Labute approximate surface area is 121 Å². The molecule has 8 nitrogen and oxygen atoms in total. The van der Waals surface area contributed by atoms with E-state index in [1.54, 1.807) is 11.0 Å². The highest BCUT2D eigenvalue weighted by Gasteiger charge is 2.08. The number of aromatic nitrogens is 6. The molecular weight excluding hydrogens is 282 g/mol. The molecule has 0 radical (unpaired) electrons. The largest absolute Gasteiger partial charge is 0.461 e. The van der Waals surface area contributed by atoms with E-state index in [-0.39, 0.29) is 17.4 Å². The first-order chi connectivity index (χ1) is 9.52. The molecule has 0 saturated carbocycles. The molecule has 2 rings (SSSR count). The molecular formula is C11H16ClN7O. The molecule has 1 N–H and O–H groups in total. The van der Waals surface area contributed by atoms with Gasteiger partial charge < -0.3 is 10.1 Å². The minimum absolute atomic E-state index is 0.0287. The van der Waals surface area contributed by atoms with E-state index < -0.39 is 0 Å².